The smallest absolute Gasteiger partial charge is 0.136 e. The fraction of sp³-hybridized carbons (Fsp3) is 0.778. The van der Waals surface area contributed by atoms with Crippen LogP contribution in [0.25, 0.3) is 0 Å². The van der Waals surface area contributed by atoms with Gasteiger partial charge in [-0.15, -0.1) is 0 Å². The molecule has 128 valence electrons. The van der Waals surface area contributed by atoms with Gasteiger partial charge in [-0.25, -0.2) is 9.97 Å². The number of nitrogens with zero attached hydrogens (tertiary/aromatic N) is 2. The Morgan fingerprint density at radius 2 is 2.04 bits per heavy atom. The van der Waals surface area contributed by atoms with E-state index in [1.165, 1.54) is 12.8 Å². The van der Waals surface area contributed by atoms with E-state index in [2.05, 4.69) is 31.1 Å². The number of hydrogen-bond donors (Lipinski definition) is 1. The summed E-state index contributed by atoms with van der Waals surface area (Å²) in [5, 5.41) is 3.62. The van der Waals surface area contributed by atoms with Gasteiger partial charge in [-0.05, 0) is 31.6 Å². The second kappa shape index (κ2) is 6.73. The quantitative estimate of drug-likeness (QED) is 0.902. The van der Waals surface area contributed by atoms with Crippen LogP contribution in [0.2, 0.25) is 0 Å². The van der Waals surface area contributed by atoms with E-state index in [0.29, 0.717) is 18.8 Å². The molecule has 5 heteroatoms. The lowest BCUT2D eigenvalue weighted by molar-refractivity contribution is -0.00224. The van der Waals surface area contributed by atoms with E-state index < -0.39 is 0 Å². The van der Waals surface area contributed by atoms with Crippen LogP contribution in [0.1, 0.15) is 58.0 Å². The van der Waals surface area contributed by atoms with Crippen LogP contribution in [0.15, 0.2) is 6.07 Å². The van der Waals surface area contributed by atoms with Crippen molar-refractivity contribution in [3.05, 3.63) is 17.6 Å². The fourth-order valence-electron chi connectivity index (χ4n) is 3.09. The lowest BCUT2D eigenvalue weighted by Gasteiger charge is -2.31. The SMILES string of the molecule is COCc1cc(NC2CCOC(C3CC3)C2)nc(C(C)(C)C)n1. The molecule has 0 radical (unpaired) electrons. The first kappa shape index (κ1) is 16.7. The van der Waals surface area contributed by atoms with E-state index >= 15 is 0 Å². The highest BCUT2D eigenvalue weighted by Crippen LogP contribution is 2.38. The summed E-state index contributed by atoms with van der Waals surface area (Å²) in [7, 11) is 1.70. The number of aromatic nitrogens is 2. The molecule has 5 nitrogen and oxygen atoms in total. The topological polar surface area (TPSA) is 56.3 Å². The lowest BCUT2D eigenvalue weighted by Crippen LogP contribution is -2.35. The summed E-state index contributed by atoms with van der Waals surface area (Å²) in [6.07, 6.45) is 5.22. The Bertz CT molecular complexity index is 538. The normalized spacial score (nSPS) is 25.4. The number of nitrogens with one attached hydrogen (secondary N) is 1. The van der Waals surface area contributed by atoms with Gasteiger partial charge in [0, 0.05) is 31.2 Å². The molecule has 23 heavy (non-hydrogen) atoms. The predicted octanol–water partition coefficient (Wildman–Crippen LogP) is 3.29. The van der Waals surface area contributed by atoms with Crippen molar-refractivity contribution >= 4 is 5.82 Å². The van der Waals surface area contributed by atoms with Crippen molar-refractivity contribution in [2.24, 2.45) is 5.92 Å². The molecule has 1 aromatic heterocycles. The van der Waals surface area contributed by atoms with Gasteiger partial charge in [-0.3, -0.25) is 0 Å². The van der Waals surface area contributed by atoms with Gasteiger partial charge in [0.1, 0.15) is 11.6 Å². The molecule has 2 fully saturated rings. The van der Waals surface area contributed by atoms with Gasteiger partial charge in [0.25, 0.3) is 0 Å². The molecule has 2 unspecified atom stereocenters. The molecular weight excluding hydrogens is 290 g/mol. The molecule has 2 atom stereocenters. The first-order valence-electron chi connectivity index (χ1n) is 8.71. The third-order valence-corrected chi connectivity index (χ3v) is 4.56. The second-order valence-electron chi connectivity index (χ2n) is 7.86. The van der Waals surface area contributed by atoms with Gasteiger partial charge in [-0.2, -0.15) is 0 Å². The first-order chi connectivity index (χ1) is 11.0. The van der Waals surface area contributed by atoms with Gasteiger partial charge < -0.3 is 14.8 Å². The minimum Gasteiger partial charge on any atom is -0.378 e. The molecule has 3 rings (SSSR count). The summed E-state index contributed by atoms with van der Waals surface area (Å²) in [4.78, 5) is 9.39. The van der Waals surface area contributed by atoms with Crippen molar-refractivity contribution in [1.82, 2.24) is 9.97 Å². The molecule has 0 aromatic carbocycles. The first-order valence-corrected chi connectivity index (χ1v) is 8.71. The Morgan fingerprint density at radius 1 is 1.26 bits per heavy atom. The molecule has 1 aliphatic heterocycles. The van der Waals surface area contributed by atoms with E-state index in [1.54, 1.807) is 7.11 Å². The monoisotopic (exact) mass is 319 g/mol. The van der Waals surface area contributed by atoms with Crippen LogP contribution in [-0.4, -0.2) is 35.8 Å². The summed E-state index contributed by atoms with van der Waals surface area (Å²) in [6.45, 7) is 7.78. The zero-order valence-electron chi connectivity index (χ0n) is 14.8. The molecular formula is C18H29N3O2. The van der Waals surface area contributed by atoms with Crippen LogP contribution in [0.5, 0.6) is 0 Å². The van der Waals surface area contributed by atoms with Gasteiger partial charge in [0.05, 0.1) is 18.4 Å². The Kier molecular flexibility index (Phi) is 4.87. The Labute approximate surface area is 139 Å². The van der Waals surface area contributed by atoms with Crippen LogP contribution >= 0.6 is 0 Å². The van der Waals surface area contributed by atoms with Crippen LogP contribution in [-0.2, 0) is 21.5 Å². The molecule has 1 saturated heterocycles. The third kappa shape index (κ3) is 4.42. The van der Waals surface area contributed by atoms with Crippen LogP contribution in [0.3, 0.4) is 0 Å². The molecule has 0 spiro atoms. The maximum Gasteiger partial charge on any atom is 0.136 e. The summed E-state index contributed by atoms with van der Waals surface area (Å²) in [5.74, 6) is 2.57. The van der Waals surface area contributed by atoms with Crippen molar-refractivity contribution < 1.29 is 9.47 Å². The average Bonchev–Trinajstić information content (AvgIpc) is 3.31. The lowest BCUT2D eigenvalue weighted by atomic mass is 9.95. The molecule has 0 amide bonds. The van der Waals surface area contributed by atoms with E-state index in [9.17, 15) is 0 Å². The Hall–Kier alpha value is -1.20. The molecule has 1 N–H and O–H groups in total. The Balaban J connectivity index is 1.73. The number of anilines is 1. The molecule has 2 aliphatic rings. The largest absolute Gasteiger partial charge is 0.378 e. The zero-order chi connectivity index (χ0) is 16.4. The van der Waals surface area contributed by atoms with Crippen molar-refractivity contribution in [3.8, 4) is 0 Å². The molecule has 2 heterocycles. The molecule has 1 saturated carbocycles. The van der Waals surface area contributed by atoms with Gasteiger partial charge >= 0.3 is 0 Å². The Morgan fingerprint density at radius 3 is 2.70 bits per heavy atom. The number of hydrogen-bond acceptors (Lipinski definition) is 5. The van der Waals surface area contributed by atoms with Crippen molar-refractivity contribution in [2.45, 2.75) is 70.6 Å². The highest BCUT2D eigenvalue weighted by molar-refractivity contribution is 5.38. The minimum atomic E-state index is -0.0770. The van der Waals surface area contributed by atoms with E-state index in [1.807, 2.05) is 6.07 Å². The number of methoxy groups -OCH3 is 1. The molecule has 1 aliphatic carbocycles. The van der Waals surface area contributed by atoms with E-state index in [-0.39, 0.29) is 5.41 Å². The summed E-state index contributed by atoms with van der Waals surface area (Å²) in [5.41, 5.74) is 0.854. The summed E-state index contributed by atoms with van der Waals surface area (Å²) in [6, 6.07) is 2.45. The zero-order valence-corrected chi connectivity index (χ0v) is 14.8. The number of rotatable bonds is 5. The van der Waals surface area contributed by atoms with Crippen molar-refractivity contribution in [3.63, 3.8) is 0 Å². The molecule has 0 bridgehead atoms. The standard InChI is InChI=1S/C18H29N3O2/c1-18(2,3)17-20-14(11-22-4)10-16(21-17)19-13-7-8-23-15(9-13)12-5-6-12/h10,12-13,15H,5-9,11H2,1-4H3,(H,19,20,21). The fourth-order valence-corrected chi connectivity index (χ4v) is 3.09. The third-order valence-electron chi connectivity index (χ3n) is 4.56. The maximum absolute atomic E-state index is 5.92. The van der Waals surface area contributed by atoms with E-state index in [0.717, 1.165) is 42.7 Å². The predicted molar refractivity (Wildman–Crippen MR) is 90.6 cm³/mol. The second-order valence-corrected chi connectivity index (χ2v) is 7.86. The summed E-state index contributed by atoms with van der Waals surface area (Å²) < 4.78 is 11.2. The van der Waals surface area contributed by atoms with Gasteiger partial charge in [0.15, 0.2) is 0 Å². The maximum atomic E-state index is 5.92. The van der Waals surface area contributed by atoms with Crippen molar-refractivity contribution in [1.29, 1.82) is 0 Å². The van der Waals surface area contributed by atoms with Crippen LogP contribution in [0, 0.1) is 5.92 Å². The summed E-state index contributed by atoms with van der Waals surface area (Å²) >= 11 is 0. The van der Waals surface area contributed by atoms with Crippen LogP contribution in [0.4, 0.5) is 5.82 Å². The van der Waals surface area contributed by atoms with Gasteiger partial charge in [-0.1, -0.05) is 20.8 Å². The highest BCUT2D eigenvalue weighted by Gasteiger charge is 2.36. The highest BCUT2D eigenvalue weighted by atomic mass is 16.5. The van der Waals surface area contributed by atoms with Crippen molar-refractivity contribution in [2.75, 3.05) is 19.0 Å². The van der Waals surface area contributed by atoms with E-state index in [4.69, 9.17) is 14.5 Å². The van der Waals surface area contributed by atoms with Crippen LogP contribution < -0.4 is 5.32 Å². The number of ether oxygens (including phenoxy) is 2. The molecule has 1 aromatic rings. The minimum absolute atomic E-state index is 0.0770. The van der Waals surface area contributed by atoms with Gasteiger partial charge in [0.2, 0.25) is 0 Å². The average molecular weight is 319 g/mol.